The number of unbranched alkanes of at least 4 members (excludes halogenated alkanes) is 6. The molecule has 32 heavy (non-hydrogen) atoms. The highest BCUT2D eigenvalue weighted by molar-refractivity contribution is 5.71. The Hall–Kier alpha value is -2.48. The molecule has 3 aromatic rings. The van der Waals surface area contributed by atoms with Crippen LogP contribution < -0.4 is 0 Å². The summed E-state index contributed by atoms with van der Waals surface area (Å²) in [6.07, 6.45) is 10.3. The molecular weight excluding hydrogens is 398 g/mol. The van der Waals surface area contributed by atoms with Gasteiger partial charge in [0.25, 0.3) is 0 Å². The fraction of sp³-hybridized carbons (Fsp3) is 0.400. The number of hydrogen-bond acceptors (Lipinski definition) is 0. The molecule has 0 aromatic heterocycles. The second-order valence-corrected chi connectivity index (χ2v) is 8.75. The number of benzene rings is 3. The smallest absolute Gasteiger partial charge is 0.166 e. The highest BCUT2D eigenvalue weighted by atomic mass is 19.2. The van der Waals surface area contributed by atoms with Gasteiger partial charge in [-0.1, -0.05) is 107 Å². The van der Waals surface area contributed by atoms with E-state index in [0.29, 0.717) is 17.5 Å². The quantitative estimate of drug-likeness (QED) is 0.249. The summed E-state index contributed by atoms with van der Waals surface area (Å²) < 4.78 is 30.4. The maximum atomic E-state index is 15.2. The first-order valence-corrected chi connectivity index (χ1v) is 12.3. The SMILES string of the molecule is CCCCCCCCc1c(CCCC)cc(-c2ccc(-c3ccccc3)cc2)c(F)c1F. The molecule has 2 heteroatoms. The Morgan fingerprint density at radius 1 is 0.562 bits per heavy atom. The molecular formula is C30H36F2. The van der Waals surface area contributed by atoms with Gasteiger partial charge in [0.05, 0.1) is 0 Å². The van der Waals surface area contributed by atoms with E-state index >= 15 is 8.78 Å². The van der Waals surface area contributed by atoms with E-state index in [-0.39, 0.29) is 0 Å². The summed E-state index contributed by atoms with van der Waals surface area (Å²) in [6, 6.07) is 19.8. The van der Waals surface area contributed by atoms with E-state index in [2.05, 4.69) is 26.0 Å². The Morgan fingerprint density at radius 2 is 1.16 bits per heavy atom. The predicted octanol–water partition coefficient (Wildman–Crippen LogP) is 9.54. The molecule has 0 radical (unpaired) electrons. The van der Waals surface area contributed by atoms with Gasteiger partial charge in [-0.15, -0.1) is 0 Å². The van der Waals surface area contributed by atoms with Crippen molar-refractivity contribution in [3.05, 3.63) is 83.4 Å². The van der Waals surface area contributed by atoms with E-state index in [1.54, 1.807) is 0 Å². The van der Waals surface area contributed by atoms with Crippen LogP contribution in [0, 0.1) is 11.6 Å². The topological polar surface area (TPSA) is 0 Å². The van der Waals surface area contributed by atoms with Gasteiger partial charge in [0.15, 0.2) is 11.6 Å². The van der Waals surface area contributed by atoms with Gasteiger partial charge in [-0.25, -0.2) is 8.78 Å². The number of halogens is 2. The molecule has 0 nitrogen and oxygen atoms in total. The van der Waals surface area contributed by atoms with Gasteiger partial charge in [-0.2, -0.15) is 0 Å². The van der Waals surface area contributed by atoms with Crippen LogP contribution in [0.5, 0.6) is 0 Å². The lowest BCUT2D eigenvalue weighted by molar-refractivity contribution is 0.494. The summed E-state index contributed by atoms with van der Waals surface area (Å²) in [4.78, 5) is 0. The lowest BCUT2D eigenvalue weighted by atomic mass is 9.91. The van der Waals surface area contributed by atoms with Crippen LogP contribution in [0.15, 0.2) is 60.7 Å². The van der Waals surface area contributed by atoms with Crippen LogP contribution in [-0.2, 0) is 12.8 Å². The zero-order valence-electron chi connectivity index (χ0n) is 19.6. The van der Waals surface area contributed by atoms with Crippen molar-refractivity contribution in [1.29, 1.82) is 0 Å². The van der Waals surface area contributed by atoms with E-state index in [4.69, 9.17) is 0 Å². The molecule has 0 aliphatic carbocycles. The second kappa shape index (κ2) is 12.5. The van der Waals surface area contributed by atoms with E-state index < -0.39 is 11.6 Å². The van der Waals surface area contributed by atoms with Crippen LogP contribution in [0.1, 0.15) is 76.3 Å². The van der Waals surface area contributed by atoms with Crippen LogP contribution >= 0.6 is 0 Å². The Balaban J connectivity index is 1.84. The molecule has 0 amide bonds. The van der Waals surface area contributed by atoms with Gasteiger partial charge in [-0.3, -0.25) is 0 Å². The van der Waals surface area contributed by atoms with Crippen LogP contribution in [-0.4, -0.2) is 0 Å². The number of aryl methyl sites for hydroxylation is 1. The number of hydrogen-bond donors (Lipinski definition) is 0. The minimum Gasteiger partial charge on any atom is -0.203 e. The van der Waals surface area contributed by atoms with Crippen molar-refractivity contribution in [2.24, 2.45) is 0 Å². The first kappa shape index (κ1) is 24.2. The molecule has 0 aliphatic rings. The Bertz CT molecular complexity index is 958. The Labute approximate surface area is 192 Å². The van der Waals surface area contributed by atoms with Gasteiger partial charge in [-0.05, 0) is 59.6 Å². The molecule has 0 aliphatic heterocycles. The predicted molar refractivity (Wildman–Crippen MR) is 133 cm³/mol. The van der Waals surface area contributed by atoms with Crippen molar-refractivity contribution in [3.8, 4) is 22.3 Å². The molecule has 0 N–H and O–H groups in total. The molecule has 3 rings (SSSR count). The van der Waals surface area contributed by atoms with Crippen molar-refractivity contribution in [1.82, 2.24) is 0 Å². The standard InChI is InChI=1S/C30H36F2/c1-3-5-7-8-9-13-17-27-26(14-6-4-2)22-28(30(32)29(27)31)25-20-18-24(19-21-25)23-15-11-10-12-16-23/h10-12,15-16,18-22H,3-9,13-14,17H2,1-2H3. The summed E-state index contributed by atoms with van der Waals surface area (Å²) in [5, 5.41) is 0. The molecule has 0 bridgehead atoms. The fourth-order valence-electron chi connectivity index (χ4n) is 4.34. The minimum atomic E-state index is -0.710. The average molecular weight is 435 g/mol. The molecule has 0 saturated carbocycles. The van der Waals surface area contributed by atoms with Gasteiger partial charge < -0.3 is 0 Å². The maximum absolute atomic E-state index is 15.2. The van der Waals surface area contributed by atoms with E-state index in [1.807, 2.05) is 48.5 Å². The molecule has 3 aromatic carbocycles. The summed E-state index contributed by atoms with van der Waals surface area (Å²) in [7, 11) is 0. The van der Waals surface area contributed by atoms with Crippen molar-refractivity contribution in [2.45, 2.75) is 78.1 Å². The normalized spacial score (nSPS) is 11.1. The first-order chi connectivity index (χ1) is 15.7. The molecule has 0 spiro atoms. The van der Waals surface area contributed by atoms with Crippen LogP contribution in [0.4, 0.5) is 8.78 Å². The third-order valence-electron chi connectivity index (χ3n) is 6.28. The van der Waals surface area contributed by atoms with E-state index in [1.165, 1.54) is 25.7 Å². The highest BCUT2D eigenvalue weighted by Gasteiger charge is 2.19. The average Bonchev–Trinajstić information content (AvgIpc) is 2.84. The zero-order valence-corrected chi connectivity index (χ0v) is 19.6. The highest BCUT2D eigenvalue weighted by Crippen LogP contribution is 2.32. The molecule has 0 unspecified atom stereocenters. The number of rotatable bonds is 12. The van der Waals surface area contributed by atoms with Gasteiger partial charge >= 0.3 is 0 Å². The lowest BCUT2D eigenvalue weighted by Crippen LogP contribution is -2.04. The molecule has 0 atom stereocenters. The van der Waals surface area contributed by atoms with E-state index in [9.17, 15) is 0 Å². The van der Waals surface area contributed by atoms with Crippen molar-refractivity contribution >= 4 is 0 Å². The third-order valence-corrected chi connectivity index (χ3v) is 6.28. The monoisotopic (exact) mass is 434 g/mol. The van der Waals surface area contributed by atoms with Crippen molar-refractivity contribution < 1.29 is 8.78 Å². The second-order valence-electron chi connectivity index (χ2n) is 8.75. The largest absolute Gasteiger partial charge is 0.203 e. The maximum Gasteiger partial charge on any atom is 0.166 e. The molecule has 170 valence electrons. The summed E-state index contributed by atoms with van der Waals surface area (Å²) in [5.74, 6) is -1.35. The summed E-state index contributed by atoms with van der Waals surface area (Å²) in [6.45, 7) is 4.34. The van der Waals surface area contributed by atoms with Crippen LogP contribution in [0.3, 0.4) is 0 Å². The molecule has 0 fully saturated rings. The summed E-state index contributed by atoms with van der Waals surface area (Å²) >= 11 is 0. The zero-order chi connectivity index (χ0) is 22.8. The molecule has 0 heterocycles. The Morgan fingerprint density at radius 3 is 1.84 bits per heavy atom. The van der Waals surface area contributed by atoms with E-state index in [0.717, 1.165) is 54.4 Å². The first-order valence-electron chi connectivity index (χ1n) is 12.3. The lowest BCUT2D eigenvalue weighted by Gasteiger charge is -2.15. The van der Waals surface area contributed by atoms with Crippen molar-refractivity contribution in [3.63, 3.8) is 0 Å². The summed E-state index contributed by atoms with van der Waals surface area (Å²) in [5.41, 5.74) is 4.85. The third kappa shape index (κ3) is 6.28. The van der Waals surface area contributed by atoms with Gasteiger partial charge in [0.1, 0.15) is 0 Å². The van der Waals surface area contributed by atoms with Crippen LogP contribution in [0.25, 0.3) is 22.3 Å². The van der Waals surface area contributed by atoms with Crippen molar-refractivity contribution in [2.75, 3.05) is 0 Å². The fourth-order valence-corrected chi connectivity index (χ4v) is 4.34. The Kier molecular flexibility index (Phi) is 9.46. The van der Waals surface area contributed by atoms with Gasteiger partial charge in [0.2, 0.25) is 0 Å². The van der Waals surface area contributed by atoms with Crippen LogP contribution in [0.2, 0.25) is 0 Å². The van der Waals surface area contributed by atoms with Gasteiger partial charge in [0, 0.05) is 5.56 Å². The molecule has 0 saturated heterocycles. The minimum absolute atomic E-state index is 0.375.